The first kappa shape index (κ1) is 13.3. The van der Waals surface area contributed by atoms with Gasteiger partial charge in [0.15, 0.2) is 0 Å². The second kappa shape index (κ2) is 5.65. The van der Waals surface area contributed by atoms with Crippen molar-refractivity contribution < 1.29 is 9.18 Å². The lowest BCUT2D eigenvalue weighted by Gasteiger charge is -2.05. The van der Waals surface area contributed by atoms with Crippen molar-refractivity contribution in [2.24, 2.45) is 7.05 Å². The predicted octanol–water partition coefficient (Wildman–Crippen LogP) is 1.84. The molecule has 4 nitrogen and oxygen atoms in total. The van der Waals surface area contributed by atoms with E-state index in [0.29, 0.717) is 18.7 Å². The summed E-state index contributed by atoms with van der Waals surface area (Å²) in [6, 6.07) is 8.02. The Morgan fingerprint density at radius 3 is 2.63 bits per heavy atom. The minimum Gasteiger partial charge on any atom is -0.350 e. The van der Waals surface area contributed by atoms with Crippen LogP contribution >= 0.6 is 0 Å². The molecule has 0 aliphatic heterocycles. The normalized spacial score (nSPS) is 10.5. The van der Waals surface area contributed by atoms with Gasteiger partial charge in [0.1, 0.15) is 11.5 Å². The molecule has 5 heteroatoms. The number of rotatable bonds is 4. The van der Waals surface area contributed by atoms with Crippen LogP contribution in [0.25, 0.3) is 0 Å². The first-order valence-corrected chi connectivity index (χ1v) is 6.09. The lowest BCUT2D eigenvalue weighted by atomic mass is 10.1. The molecule has 0 spiro atoms. The Bertz CT molecular complexity index is 575. The van der Waals surface area contributed by atoms with E-state index in [1.54, 1.807) is 29.9 Å². The third-order valence-electron chi connectivity index (χ3n) is 2.85. The predicted molar refractivity (Wildman–Crippen MR) is 70.4 cm³/mol. The number of hydrogen-bond acceptors (Lipinski definition) is 2. The van der Waals surface area contributed by atoms with E-state index in [1.807, 2.05) is 6.92 Å². The van der Waals surface area contributed by atoms with Crippen LogP contribution in [-0.2, 0) is 13.5 Å². The van der Waals surface area contributed by atoms with Crippen LogP contribution in [-0.4, -0.2) is 22.2 Å². The Kier molecular flexibility index (Phi) is 3.94. The molecule has 0 saturated heterocycles. The summed E-state index contributed by atoms with van der Waals surface area (Å²) in [6.45, 7) is 2.35. The van der Waals surface area contributed by atoms with Crippen molar-refractivity contribution in [1.82, 2.24) is 15.1 Å². The van der Waals surface area contributed by atoms with Crippen LogP contribution in [0.5, 0.6) is 0 Å². The first-order valence-electron chi connectivity index (χ1n) is 6.09. The van der Waals surface area contributed by atoms with Gasteiger partial charge in [0.05, 0.1) is 5.69 Å². The molecule has 19 heavy (non-hydrogen) atoms. The van der Waals surface area contributed by atoms with Gasteiger partial charge in [-0.25, -0.2) is 4.39 Å². The number of halogens is 1. The van der Waals surface area contributed by atoms with Gasteiger partial charge < -0.3 is 5.32 Å². The highest BCUT2D eigenvalue weighted by molar-refractivity contribution is 5.92. The fourth-order valence-corrected chi connectivity index (χ4v) is 1.89. The van der Waals surface area contributed by atoms with Crippen molar-refractivity contribution in [3.8, 4) is 0 Å². The third-order valence-corrected chi connectivity index (χ3v) is 2.85. The summed E-state index contributed by atoms with van der Waals surface area (Å²) >= 11 is 0. The first-order chi connectivity index (χ1) is 9.06. The van der Waals surface area contributed by atoms with Gasteiger partial charge in [0.2, 0.25) is 0 Å². The summed E-state index contributed by atoms with van der Waals surface area (Å²) < 4.78 is 14.3. The van der Waals surface area contributed by atoms with Gasteiger partial charge in [-0.1, -0.05) is 12.1 Å². The van der Waals surface area contributed by atoms with Gasteiger partial charge in [0.25, 0.3) is 5.91 Å². The third kappa shape index (κ3) is 3.40. The number of carbonyl (C=O) groups excluding carboxylic acids is 1. The smallest absolute Gasteiger partial charge is 0.269 e. The number of nitrogens with zero attached hydrogens (tertiary/aromatic N) is 2. The average molecular weight is 261 g/mol. The van der Waals surface area contributed by atoms with Crippen LogP contribution in [0.3, 0.4) is 0 Å². The molecular weight excluding hydrogens is 245 g/mol. The van der Waals surface area contributed by atoms with Crippen molar-refractivity contribution in [1.29, 1.82) is 0 Å². The lowest BCUT2D eigenvalue weighted by molar-refractivity contribution is 0.0944. The standard InChI is InChI=1S/C14H16FN3O/c1-10-9-13(18(2)17-10)14(19)16-8-7-11-3-5-12(15)6-4-11/h3-6,9H,7-8H2,1-2H3,(H,16,19). The number of aromatic nitrogens is 2. The number of aryl methyl sites for hydroxylation is 2. The Labute approximate surface area is 111 Å². The zero-order valence-electron chi connectivity index (χ0n) is 11.0. The molecule has 0 saturated carbocycles. The summed E-state index contributed by atoms with van der Waals surface area (Å²) in [6.07, 6.45) is 0.669. The molecule has 0 unspecified atom stereocenters. The summed E-state index contributed by atoms with van der Waals surface area (Å²) in [5.74, 6) is -0.400. The molecule has 0 bridgehead atoms. The van der Waals surface area contributed by atoms with Gasteiger partial charge in [0, 0.05) is 13.6 Å². The fraction of sp³-hybridized carbons (Fsp3) is 0.286. The second-order valence-electron chi connectivity index (χ2n) is 4.43. The molecule has 0 aliphatic rings. The van der Waals surface area contributed by atoms with Crippen LogP contribution in [0.15, 0.2) is 30.3 Å². The van der Waals surface area contributed by atoms with Gasteiger partial charge >= 0.3 is 0 Å². The van der Waals surface area contributed by atoms with Gasteiger partial charge in [-0.05, 0) is 37.1 Å². The Morgan fingerprint density at radius 1 is 1.37 bits per heavy atom. The van der Waals surface area contributed by atoms with E-state index >= 15 is 0 Å². The number of carbonyl (C=O) groups is 1. The number of hydrogen-bond donors (Lipinski definition) is 1. The quantitative estimate of drug-likeness (QED) is 0.913. The van der Waals surface area contributed by atoms with Crippen LogP contribution in [0.4, 0.5) is 4.39 Å². The van der Waals surface area contributed by atoms with E-state index in [2.05, 4.69) is 10.4 Å². The van der Waals surface area contributed by atoms with E-state index in [1.165, 1.54) is 12.1 Å². The second-order valence-corrected chi connectivity index (χ2v) is 4.43. The maximum Gasteiger partial charge on any atom is 0.269 e. The van der Waals surface area contributed by atoms with Crippen molar-refractivity contribution >= 4 is 5.91 Å². The number of amides is 1. The molecule has 2 aromatic rings. The van der Waals surface area contributed by atoms with Crippen LogP contribution in [0.1, 0.15) is 21.7 Å². The van der Waals surface area contributed by atoms with Crippen molar-refractivity contribution in [3.63, 3.8) is 0 Å². The monoisotopic (exact) mass is 261 g/mol. The van der Waals surface area contributed by atoms with Crippen LogP contribution in [0, 0.1) is 12.7 Å². The molecule has 0 radical (unpaired) electrons. The zero-order valence-corrected chi connectivity index (χ0v) is 11.0. The largest absolute Gasteiger partial charge is 0.350 e. The Balaban J connectivity index is 1.87. The van der Waals surface area contributed by atoms with Crippen molar-refractivity contribution in [2.75, 3.05) is 6.54 Å². The molecule has 0 fully saturated rings. The molecule has 1 aromatic carbocycles. The molecule has 1 aromatic heterocycles. The van der Waals surface area contributed by atoms with E-state index in [0.717, 1.165) is 11.3 Å². The molecule has 0 aliphatic carbocycles. The average Bonchev–Trinajstić information content (AvgIpc) is 2.71. The van der Waals surface area contributed by atoms with E-state index in [9.17, 15) is 9.18 Å². The molecule has 1 amide bonds. The maximum atomic E-state index is 12.7. The topological polar surface area (TPSA) is 46.9 Å². The van der Waals surface area contributed by atoms with E-state index < -0.39 is 0 Å². The highest BCUT2D eigenvalue weighted by atomic mass is 19.1. The van der Waals surface area contributed by atoms with Crippen LogP contribution < -0.4 is 5.32 Å². The summed E-state index contributed by atoms with van der Waals surface area (Å²) in [4.78, 5) is 11.9. The highest BCUT2D eigenvalue weighted by Gasteiger charge is 2.10. The SMILES string of the molecule is Cc1cc(C(=O)NCCc2ccc(F)cc2)n(C)n1. The van der Waals surface area contributed by atoms with Gasteiger partial charge in [-0.15, -0.1) is 0 Å². The van der Waals surface area contributed by atoms with Crippen LogP contribution in [0.2, 0.25) is 0 Å². The van der Waals surface area contributed by atoms with E-state index in [-0.39, 0.29) is 11.7 Å². The number of benzene rings is 1. The fourth-order valence-electron chi connectivity index (χ4n) is 1.89. The summed E-state index contributed by atoms with van der Waals surface area (Å²) in [7, 11) is 1.74. The number of nitrogens with one attached hydrogen (secondary N) is 1. The molecule has 1 N–H and O–H groups in total. The Hall–Kier alpha value is -2.17. The lowest BCUT2D eigenvalue weighted by Crippen LogP contribution is -2.27. The summed E-state index contributed by atoms with van der Waals surface area (Å²) in [5.41, 5.74) is 2.34. The van der Waals surface area contributed by atoms with Gasteiger partial charge in [-0.3, -0.25) is 9.48 Å². The molecule has 1 heterocycles. The minimum absolute atomic E-state index is 0.148. The zero-order chi connectivity index (χ0) is 13.8. The summed E-state index contributed by atoms with van der Waals surface area (Å²) in [5, 5.41) is 6.94. The molecule has 0 atom stereocenters. The molecule has 2 rings (SSSR count). The maximum absolute atomic E-state index is 12.7. The molecular formula is C14H16FN3O. The van der Waals surface area contributed by atoms with E-state index in [4.69, 9.17) is 0 Å². The van der Waals surface area contributed by atoms with Crippen molar-refractivity contribution in [2.45, 2.75) is 13.3 Å². The Morgan fingerprint density at radius 2 is 2.05 bits per heavy atom. The highest BCUT2D eigenvalue weighted by Crippen LogP contribution is 2.04. The molecule has 100 valence electrons. The minimum atomic E-state index is -0.252. The van der Waals surface area contributed by atoms with Gasteiger partial charge in [-0.2, -0.15) is 5.10 Å². The van der Waals surface area contributed by atoms with Crippen molar-refractivity contribution in [3.05, 3.63) is 53.1 Å².